The Bertz CT molecular complexity index is 1210. The quantitative estimate of drug-likeness (QED) is 0.390. The zero-order valence-electron chi connectivity index (χ0n) is 18.1. The van der Waals surface area contributed by atoms with Gasteiger partial charge in [-0.15, -0.1) is 0 Å². The lowest BCUT2D eigenvalue weighted by Crippen LogP contribution is -2.07. The monoisotopic (exact) mass is 435 g/mol. The number of imidazole rings is 1. The number of aromatic nitrogens is 2. The largest absolute Gasteiger partial charge is 0.497 e. The molecule has 160 valence electrons. The molecule has 31 heavy (non-hydrogen) atoms. The third-order valence-corrected chi connectivity index (χ3v) is 6.23. The number of hydrogen-bond donors (Lipinski definition) is 1. The Morgan fingerprint density at radius 1 is 1.10 bits per heavy atom. The minimum atomic E-state index is -0.314. The first-order valence-corrected chi connectivity index (χ1v) is 11.0. The van der Waals surface area contributed by atoms with Gasteiger partial charge >= 0.3 is 5.97 Å². The van der Waals surface area contributed by atoms with Gasteiger partial charge in [-0.2, -0.15) is 0 Å². The molecule has 0 bridgehead atoms. The predicted octanol–water partition coefficient (Wildman–Crippen LogP) is 5.48. The lowest BCUT2D eigenvalue weighted by Gasteiger charge is -2.10. The summed E-state index contributed by atoms with van der Waals surface area (Å²) in [5.41, 5.74) is 5.01. The normalized spacial score (nSPS) is 11.0. The highest BCUT2D eigenvalue weighted by Crippen LogP contribution is 2.35. The number of ether oxygens (including phenoxy) is 2. The van der Waals surface area contributed by atoms with Crippen molar-refractivity contribution in [2.24, 2.45) is 0 Å². The van der Waals surface area contributed by atoms with Gasteiger partial charge in [0.05, 0.1) is 13.7 Å². The Hall–Kier alpha value is -3.32. The van der Waals surface area contributed by atoms with Crippen molar-refractivity contribution in [3.8, 4) is 17.0 Å². The van der Waals surface area contributed by atoms with Crippen molar-refractivity contribution in [2.45, 2.75) is 27.3 Å². The molecule has 0 spiro atoms. The summed E-state index contributed by atoms with van der Waals surface area (Å²) in [5.74, 6) is 1.33. The van der Waals surface area contributed by atoms with Gasteiger partial charge in [0, 0.05) is 17.8 Å². The number of nitrogens with one attached hydrogen (secondary N) is 1. The van der Waals surface area contributed by atoms with Crippen LogP contribution in [0.5, 0.6) is 5.75 Å². The highest BCUT2D eigenvalue weighted by atomic mass is 32.1. The van der Waals surface area contributed by atoms with Crippen LogP contribution in [-0.4, -0.2) is 29.1 Å². The number of esters is 1. The number of hydrogen-bond acceptors (Lipinski definition) is 6. The second-order valence-electron chi connectivity index (χ2n) is 7.23. The van der Waals surface area contributed by atoms with Gasteiger partial charge in [-0.25, -0.2) is 9.78 Å². The van der Waals surface area contributed by atoms with Crippen molar-refractivity contribution in [1.82, 2.24) is 9.38 Å². The van der Waals surface area contributed by atoms with Crippen LogP contribution in [0.4, 0.5) is 5.82 Å². The van der Waals surface area contributed by atoms with Gasteiger partial charge in [-0.1, -0.05) is 41.2 Å². The molecule has 2 aromatic carbocycles. The summed E-state index contributed by atoms with van der Waals surface area (Å²) in [6.45, 7) is 6.79. The van der Waals surface area contributed by atoms with E-state index in [1.54, 1.807) is 7.11 Å². The summed E-state index contributed by atoms with van der Waals surface area (Å²) in [6, 6.07) is 16.2. The number of fused-ring (bicyclic) bond motifs is 1. The minimum absolute atomic E-state index is 0.314. The summed E-state index contributed by atoms with van der Waals surface area (Å²) < 4.78 is 12.5. The molecular weight excluding hydrogens is 410 g/mol. The molecular formula is C24H25N3O3S. The highest BCUT2D eigenvalue weighted by Gasteiger charge is 2.23. The number of benzene rings is 2. The lowest BCUT2D eigenvalue weighted by molar-refractivity contribution is 0.0531. The number of nitrogens with zero attached hydrogens (tertiary/aromatic N) is 2. The maximum absolute atomic E-state index is 12.4. The maximum atomic E-state index is 12.4. The third kappa shape index (κ3) is 4.14. The Kier molecular flexibility index (Phi) is 5.95. The fourth-order valence-electron chi connectivity index (χ4n) is 3.44. The number of rotatable bonds is 7. The first-order valence-electron chi connectivity index (χ1n) is 10.1. The first kappa shape index (κ1) is 20.9. The van der Waals surface area contributed by atoms with Gasteiger partial charge in [0.15, 0.2) is 4.96 Å². The van der Waals surface area contributed by atoms with Crippen molar-refractivity contribution < 1.29 is 14.3 Å². The predicted molar refractivity (Wildman–Crippen MR) is 124 cm³/mol. The molecule has 0 aliphatic heterocycles. The van der Waals surface area contributed by atoms with E-state index in [0.29, 0.717) is 18.0 Å². The SMILES string of the molecule is CCOC(=O)c1sc2nc(-c3ccc(OC)cc3)c(NCc3ccc(C)cc3)n2c1C. The van der Waals surface area contributed by atoms with Crippen molar-refractivity contribution in [3.05, 3.63) is 70.2 Å². The fourth-order valence-corrected chi connectivity index (χ4v) is 4.46. The van der Waals surface area contributed by atoms with Crippen LogP contribution >= 0.6 is 11.3 Å². The molecule has 0 unspecified atom stereocenters. The highest BCUT2D eigenvalue weighted by molar-refractivity contribution is 7.19. The van der Waals surface area contributed by atoms with Crippen LogP contribution in [0.3, 0.4) is 0 Å². The van der Waals surface area contributed by atoms with Crippen LogP contribution in [0.2, 0.25) is 0 Å². The Morgan fingerprint density at radius 3 is 2.45 bits per heavy atom. The average molecular weight is 436 g/mol. The van der Waals surface area contributed by atoms with Crippen molar-refractivity contribution in [3.63, 3.8) is 0 Å². The zero-order valence-corrected chi connectivity index (χ0v) is 18.9. The summed E-state index contributed by atoms with van der Waals surface area (Å²) in [5, 5.41) is 3.55. The molecule has 2 heterocycles. The average Bonchev–Trinajstić information content (AvgIpc) is 3.30. The topological polar surface area (TPSA) is 64.9 Å². The molecule has 7 heteroatoms. The van der Waals surface area contributed by atoms with E-state index in [9.17, 15) is 4.79 Å². The smallest absolute Gasteiger partial charge is 0.350 e. The van der Waals surface area contributed by atoms with Gasteiger partial charge < -0.3 is 14.8 Å². The van der Waals surface area contributed by atoms with Crippen LogP contribution in [0.15, 0.2) is 48.5 Å². The van der Waals surface area contributed by atoms with Crippen molar-refractivity contribution in [2.75, 3.05) is 19.0 Å². The standard InChI is InChI=1S/C24H25N3O3S/c1-5-30-23(28)21-16(3)27-22(25-14-17-8-6-15(2)7-9-17)20(26-24(27)31-21)18-10-12-19(29-4)13-11-18/h6-13,25H,5,14H2,1-4H3. The van der Waals surface area contributed by atoms with E-state index in [4.69, 9.17) is 14.5 Å². The van der Waals surface area contributed by atoms with Gasteiger partial charge in [0.2, 0.25) is 0 Å². The Morgan fingerprint density at radius 2 is 1.81 bits per heavy atom. The molecule has 0 radical (unpaired) electrons. The molecule has 6 nitrogen and oxygen atoms in total. The van der Waals surface area contributed by atoms with E-state index >= 15 is 0 Å². The molecule has 1 N–H and O–H groups in total. The number of carbonyl (C=O) groups is 1. The van der Waals surface area contributed by atoms with E-state index in [2.05, 4.69) is 36.5 Å². The second kappa shape index (κ2) is 8.81. The van der Waals surface area contributed by atoms with E-state index in [-0.39, 0.29) is 5.97 Å². The van der Waals surface area contributed by atoms with Crippen LogP contribution in [0.1, 0.15) is 33.4 Å². The number of thiazole rings is 1. The molecule has 0 aliphatic carbocycles. The van der Waals surface area contributed by atoms with E-state index < -0.39 is 0 Å². The first-order chi connectivity index (χ1) is 15.0. The third-order valence-electron chi connectivity index (χ3n) is 5.11. The molecule has 0 saturated heterocycles. The minimum Gasteiger partial charge on any atom is -0.497 e. The molecule has 0 aliphatic rings. The summed E-state index contributed by atoms with van der Waals surface area (Å²) in [6.07, 6.45) is 0. The molecule has 4 aromatic rings. The van der Waals surface area contributed by atoms with Crippen molar-refractivity contribution in [1.29, 1.82) is 0 Å². The maximum Gasteiger partial charge on any atom is 0.350 e. The molecule has 0 atom stereocenters. The number of anilines is 1. The summed E-state index contributed by atoms with van der Waals surface area (Å²) in [7, 11) is 1.65. The fraction of sp³-hybridized carbons (Fsp3) is 0.250. The van der Waals surface area contributed by atoms with Crippen molar-refractivity contribution >= 4 is 28.1 Å². The molecule has 0 amide bonds. The Labute approximate surface area is 185 Å². The van der Waals surface area contributed by atoms with Crippen LogP contribution in [-0.2, 0) is 11.3 Å². The summed E-state index contributed by atoms with van der Waals surface area (Å²) in [4.78, 5) is 18.6. The van der Waals surface area contributed by atoms with Gasteiger partial charge in [0.1, 0.15) is 22.1 Å². The van der Waals surface area contributed by atoms with Gasteiger partial charge in [-0.3, -0.25) is 4.40 Å². The van der Waals surface area contributed by atoms with Crippen LogP contribution in [0.25, 0.3) is 16.2 Å². The van der Waals surface area contributed by atoms with Crippen LogP contribution < -0.4 is 10.1 Å². The number of aryl methyl sites for hydroxylation is 2. The lowest BCUT2D eigenvalue weighted by atomic mass is 10.1. The molecule has 0 fully saturated rings. The van der Waals surface area contributed by atoms with E-state index in [1.165, 1.54) is 22.5 Å². The second-order valence-corrected chi connectivity index (χ2v) is 8.21. The van der Waals surface area contributed by atoms with E-state index in [1.807, 2.05) is 42.5 Å². The molecule has 4 rings (SSSR count). The van der Waals surface area contributed by atoms with Crippen LogP contribution in [0, 0.1) is 13.8 Å². The summed E-state index contributed by atoms with van der Waals surface area (Å²) >= 11 is 1.35. The number of carbonyl (C=O) groups excluding carboxylic acids is 1. The van der Waals surface area contributed by atoms with Gasteiger partial charge in [-0.05, 0) is 50.6 Å². The zero-order chi connectivity index (χ0) is 22.0. The number of methoxy groups -OCH3 is 1. The Balaban J connectivity index is 1.78. The van der Waals surface area contributed by atoms with Gasteiger partial charge in [0.25, 0.3) is 0 Å². The molecule has 0 saturated carbocycles. The molecule has 2 aromatic heterocycles. The van der Waals surface area contributed by atoms with E-state index in [0.717, 1.165) is 33.5 Å².